The highest BCUT2D eigenvalue weighted by atomic mass is 19.4. The quantitative estimate of drug-likeness (QED) is 0.497. The maximum atomic E-state index is 12.5. The van der Waals surface area contributed by atoms with E-state index in [1.54, 1.807) is 32.5 Å². The van der Waals surface area contributed by atoms with Crippen LogP contribution >= 0.6 is 0 Å². The lowest BCUT2D eigenvalue weighted by Crippen LogP contribution is -2.21. The van der Waals surface area contributed by atoms with Crippen LogP contribution in [-0.4, -0.2) is 49.0 Å². The zero-order valence-electron chi connectivity index (χ0n) is 16.8. The molecule has 4 rings (SSSR count). The second kappa shape index (κ2) is 7.78. The summed E-state index contributed by atoms with van der Waals surface area (Å²) in [4.78, 5) is 12.4. The Kier molecular flexibility index (Phi) is 5.13. The van der Waals surface area contributed by atoms with E-state index in [2.05, 4.69) is 25.4 Å². The number of fused-ring (bicyclic) bond motifs is 1. The van der Waals surface area contributed by atoms with Gasteiger partial charge in [0, 0.05) is 29.7 Å². The summed E-state index contributed by atoms with van der Waals surface area (Å²) >= 11 is 0. The number of imidazole rings is 1. The summed E-state index contributed by atoms with van der Waals surface area (Å²) in [6.07, 6.45) is 0.437. The maximum absolute atomic E-state index is 12.5. The van der Waals surface area contributed by atoms with Crippen molar-refractivity contribution in [3.05, 3.63) is 48.2 Å². The van der Waals surface area contributed by atoms with Gasteiger partial charge >= 0.3 is 12.2 Å². The van der Waals surface area contributed by atoms with Crippen LogP contribution in [0.5, 0.6) is 11.8 Å². The molecule has 0 aliphatic heterocycles. The fraction of sp³-hybridized carbons (Fsp3) is 0.263. The van der Waals surface area contributed by atoms with Crippen molar-refractivity contribution in [2.75, 3.05) is 19.0 Å². The van der Waals surface area contributed by atoms with Crippen molar-refractivity contribution in [3.8, 4) is 17.4 Å². The van der Waals surface area contributed by atoms with Gasteiger partial charge in [0.2, 0.25) is 5.95 Å². The van der Waals surface area contributed by atoms with Crippen LogP contribution < -0.4 is 14.8 Å². The second-order valence-electron chi connectivity index (χ2n) is 6.73. The average molecular weight is 433 g/mol. The molecule has 0 amide bonds. The van der Waals surface area contributed by atoms with Crippen molar-refractivity contribution in [2.24, 2.45) is 0 Å². The molecule has 0 atom stereocenters. The molecule has 9 nitrogen and oxygen atoms in total. The lowest BCUT2D eigenvalue weighted by molar-refractivity contribution is -0.155. The summed E-state index contributed by atoms with van der Waals surface area (Å²) in [5.74, 6) is 0.749. The van der Waals surface area contributed by atoms with Gasteiger partial charge in [-0.1, -0.05) is 0 Å². The van der Waals surface area contributed by atoms with Crippen LogP contribution in [-0.2, 0) is 0 Å². The van der Waals surface area contributed by atoms with Gasteiger partial charge < -0.3 is 19.4 Å². The summed E-state index contributed by atoms with van der Waals surface area (Å²) in [7, 11) is 1.55. The van der Waals surface area contributed by atoms with E-state index < -0.39 is 12.8 Å². The number of ether oxygens (including phenoxy) is 2. The molecule has 12 heteroatoms. The molecule has 0 aliphatic carbocycles. The molecule has 3 aromatic heterocycles. The van der Waals surface area contributed by atoms with Gasteiger partial charge in [-0.05, 0) is 26.0 Å². The normalized spacial score (nSPS) is 11.7. The molecule has 0 saturated carbocycles. The highest BCUT2D eigenvalue weighted by molar-refractivity contribution is 5.63. The van der Waals surface area contributed by atoms with E-state index in [4.69, 9.17) is 9.47 Å². The Balaban J connectivity index is 1.63. The molecule has 0 radical (unpaired) electrons. The zero-order chi connectivity index (χ0) is 22.2. The molecule has 0 unspecified atom stereocenters. The summed E-state index contributed by atoms with van der Waals surface area (Å²) in [6.45, 7) is 2.13. The number of halogens is 3. The number of alkyl halides is 3. The fourth-order valence-corrected chi connectivity index (χ4v) is 2.91. The standard InChI is InChI=1S/C19H18F3N7O2/c1-11-7-23-18(31-9-19(20,21)22)29-16(11)26-17(27-29)25-13-4-5-14(15(6-13)30-3)28-8-12(2)24-10-28/h4-8,10H,9H2,1-3H3,(H,25,27). The number of benzene rings is 1. The Bertz CT molecular complexity index is 1230. The van der Waals surface area contributed by atoms with Crippen molar-refractivity contribution >= 4 is 17.3 Å². The average Bonchev–Trinajstić information content (AvgIpc) is 3.33. The smallest absolute Gasteiger partial charge is 0.422 e. The van der Waals surface area contributed by atoms with Crippen LogP contribution in [0.15, 0.2) is 36.9 Å². The van der Waals surface area contributed by atoms with Gasteiger partial charge in [0.05, 0.1) is 24.8 Å². The number of anilines is 2. The molecular formula is C19H18F3N7O2. The molecule has 0 saturated heterocycles. The van der Waals surface area contributed by atoms with Crippen molar-refractivity contribution < 1.29 is 22.6 Å². The fourth-order valence-electron chi connectivity index (χ4n) is 2.91. The Morgan fingerprint density at radius 2 is 1.97 bits per heavy atom. The Hall–Kier alpha value is -3.83. The summed E-state index contributed by atoms with van der Waals surface area (Å²) < 4.78 is 50.8. The van der Waals surface area contributed by atoms with Crippen LogP contribution in [0.3, 0.4) is 0 Å². The minimum absolute atomic E-state index is 0.168. The zero-order valence-corrected chi connectivity index (χ0v) is 16.8. The molecule has 1 aromatic carbocycles. The lowest BCUT2D eigenvalue weighted by Gasteiger charge is -2.11. The van der Waals surface area contributed by atoms with Crippen molar-refractivity contribution in [3.63, 3.8) is 0 Å². The highest BCUT2D eigenvalue weighted by Gasteiger charge is 2.29. The van der Waals surface area contributed by atoms with Crippen LogP contribution in [0, 0.1) is 13.8 Å². The third kappa shape index (κ3) is 4.37. The molecule has 0 spiro atoms. The molecule has 0 aliphatic rings. The lowest BCUT2D eigenvalue weighted by atomic mass is 10.2. The predicted octanol–water partition coefficient (Wildman–Crippen LogP) is 3.62. The van der Waals surface area contributed by atoms with Crippen molar-refractivity contribution in [1.29, 1.82) is 0 Å². The second-order valence-corrected chi connectivity index (χ2v) is 6.73. The number of methoxy groups -OCH3 is 1. The minimum Gasteiger partial charge on any atom is -0.494 e. The van der Waals surface area contributed by atoms with E-state index in [-0.39, 0.29) is 12.0 Å². The molecular weight excluding hydrogens is 415 g/mol. The van der Waals surface area contributed by atoms with Crippen molar-refractivity contribution in [1.82, 2.24) is 29.1 Å². The van der Waals surface area contributed by atoms with Crippen LogP contribution in [0.4, 0.5) is 24.8 Å². The van der Waals surface area contributed by atoms with Gasteiger partial charge in [-0.2, -0.15) is 22.7 Å². The Morgan fingerprint density at radius 1 is 1.16 bits per heavy atom. The largest absolute Gasteiger partial charge is 0.494 e. The number of nitrogens with zero attached hydrogens (tertiary/aromatic N) is 6. The summed E-state index contributed by atoms with van der Waals surface area (Å²) in [5, 5.41) is 7.22. The molecule has 0 bridgehead atoms. The Morgan fingerprint density at radius 3 is 2.65 bits per heavy atom. The first-order valence-electron chi connectivity index (χ1n) is 9.11. The number of hydrogen-bond acceptors (Lipinski definition) is 7. The minimum atomic E-state index is -4.49. The first-order chi connectivity index (χ1) is 14.7. The van der Waals surface area contributed by atoms with E-state index in [1.807, 2.05) is 23.8 Å². The third-order valence-electron chi connectivity index (χ3n) is 4.30. The van der Waals surface area contributed by atoms with Gasteiger partial charge in [-0.15, -0.1) is 5.10 Å². The molecule has 162 valence electrons. The number of nitrogens with one attached hydrogen (secondary N) is 1. The third-order valence-corrected chi connectivity index (χ3v) is 4.30. The maximum Gasteiger partial charge on any atom is 0.422 e. The number of rotatable bonds is 6. The van der Waals surface area contributed by atoms with Crippen LogP contribution in [0.1, 0.15) is 11.3 Å². The van der Waals surface area contributed by atoms with Gasteiger partial charge in [-0.25, -0.2) is 9.97 Å². The number of aryl methyl sites for hydroxylation is 2. The van der Waals surface area contributed by atoms with E-state index in [1.165, 1.54) is 6.20 Å². The monoisotopic (exact) mass is 433 g/mol. The van der Waals surface area contributed by atoms with E-state index in [9.17, 15) is 13.2 Å². The van der Waals surface area contributed by atoms with Gasteiger partial charge in [-0.3, -0.25) is 0 Å². The van der Waals surface area contributed by atoms with Crippen LogP contribution in [0.2, 0.25) is 0 Å². The number of aromatic nitrogens is 6. The first-order valence-corrected chi connectivity index (χ1v) is 9.11. The van der Waals surface area contributed by atoms with Crippen molar-refractivity contribution in [2.45, 2.75) is 20.0 Å². The van der Waals surface area contributed by atoms with Gasteiger partial charge in [0.15, 0.2) is 12.3 Å². The van der Waals surface area contributed by atoms with Crippen LogP contribution in [0.25, 0.3) is 11.3 Å². The molecule has 31 heavy (non-hydrogen) atoms. The van der Waals surface area contributed by atoms with E-state index in [0.717, 1.165) is 15.9 Å². The topological polar surface area (TPSA) is 91.4 Å². The highest BCUT2D eigenvalue weighted by Crippen LogP contribution is 2.28. The molecule has 0 fully saturated rings. The van der Waals surface area contributed by atoms with Gasteiger partial charge in [0.1, 0.15) is 5.75 Å². The van der Waals surface area contributed by atoms with Gasteiger partial charge in [0.25, 0.3) is 0 Å². The number of hydrogen-bond donors (Lipinski definition) is 1. The SMILES string of the molecule is COc1cc(Nc2nc3c(C)cnc(OCC(F)(F)F)n3n2)ccc1-n1cnc(C)c1. The predicted molar refractivity (Wildman–Crippen MR) is 105 cm³/mol. The molecule has 4 aromatic rings. The van der Waals surface area contributed by atoms with E-state index >= 15 is 0 Å². The summed E-state index contributed by atoms with van der Waals surface area (Å²) in [6, 6.07) is 5.08. The molecule has 1 N–H and O–H groups in total. The first kappa shape index (κ1) is 20.4. The molecule has 3 heterocycles. The van der Waals surface area contributed by atoms with E-state index in [0.29, 0.717) is 22.6 Å². The Labute approximate surface area is 174 Å². The summed E-state index contributed by atoms with van der Waals surface area (Å²) in [5.41, 5.74) is 3.23.